The smallest absolute Gasteiger partial charge is 0.493 e. The van der Waals surface area contributed by atoms with Crippen molar-refractivity contribution >= 4 is 12.6 Å². The molecule has 0 fully saturated rings. The van der Waals surface area contributed by atoms with E-state index < -0.39 is 19.2 Å². The summed E-state index contributed by atoms with van der Waals surface area (Å²) in [6.07, 6.45) is -4.83. The molecule has 0 aliphatic carbocycles. The standard InChI is InChI=1S/C8H8BF3O4/c1-15-7-4-5(9(13)14)2-3-6(7)16-8(10,11)12/h2-4,13-14H,1H3. The van der Waals surface area contributed by atoms with Crippen LogP contribution in [0.1, 0.15) is 0 Å². The normalized spacial score (nSPS) is 11.1. The van der Waals surface area contributed by atoms with Crippen molar-refractivity contribution in [3.05, 3.63) is 18.2 Å². The maximum absolute atomic E-state index is 11.9. The lowest BCUT2D eigenvalue weighted by Gasteiger charge is -2.13. The first kappa shape index (κ1) is 12.7. The largest absolute Gasteiger partial charge is 0.573 e. The van der Waals surface area contributed by atoms with E-state index in [4.69, 9.17) is 10.0 Å². The van der Waals surface area contributed by atoms with Gasteiger partial charge in [-0.25, -0.2) is 0 Å². The molecule has 2 N–H and O–H groups in total. The number of alkyl halides is 3. The zero-order chi connectivity index (χ0) is 12.3. The second kappa shape index (κ2) is 4.62. The predicted molar refractivity (Wildman–Crippen MR) is 49.5 cm³/mol. The summed E-state index contributed by atoms with van der Waals surface area (Å²) in [7, 11) is -0.639. The maximum Gasteiger partial charge on any atom is 0.573 e. The first-order valence-electron chi connectivity index (χ1n) is 4.13. The average molecular weight is 236 g/mol. The van der Waals surface area contributed by atoms with Crippen LogP contribution in [0.4, 0.5) is 13.2 Å². The minimum absolute atomic E-state index is 0.00590. The number of hydrogen-bond acceptors (Lipinski definition) is 4. The Labute approximate surface area is 89.4 Å². The van der Waals surface area contributed by atoms with Crippen LogP contribution in [-0.2, 0) is 0 Å². The Bertz CT molecular complexity index is 367. The molecule has 0 aliphatic heterocycles. The molecule has 16 heavy (non-hydrogen) atoms. The Hall–Kier alpha value is -1.41. The van der Waals surface area contributed by atoms with Crippen LogP contribution in [0.5, 0.6) is 11.5 Å². The highest BCUT2D eigenvalue weighted by molar-refractivity contribution is 6.58. The summed E-state index contributed by atoms with van der Waals surface area (Å²) in [6.45, 7) is 0. The topological polar surface area (TPSA) is 58.9 Å². The summed E-state index contributed by atoms with van der Waals surface area (Å²) >= 11 is 0. The van der Waals surface area contributed by atoms with E-state index in [9.17, 15) is 13.2 Å². The highest BCUT2D eigenvalue weighted by atomic mass is 19.4. The molecular formula is C8H8BF3O4. The van der Waals surface area contributed by atoms with Crippen molar-refractivity contribution in [2.45, 2.75) is 6.36 Å². The van der Waals surface area contributed by atoms with E-state index >= 15 is 0 Å². The Morgan fingerprint density at radius 1 is 1.19 bits per heavy atom. The first-order valence-corrected chi connectivity index (χ1v) is 4.13. The second-order valence-electron chi connectivity index (χ2n) is 2.83. The fourth-order valence-corrected chi connectivity index (χ4v) is 1.05. The number of methoxy groups -OCH3 is 1. The van der Waals surface area contributed by atoms with Crippen molar-refractivity contribution in [1.29, 1.82) is 0 Å². The van der Waals surface area contributed by atoms with Crippen molar-refractivity contribution in [3.8, 4) is 11.5 Å². The Balaban J connectivity index is 3.02. The fraction of sp³-hybridized carbons (Fsp3) is 0.250. The maximum atomic E-state index is 11.9. The molecule has 0 atom stereocenters. The summed E-state index contributed by atoms with van der Waals surface area (Å²) in [5.74, 6) is -0.776. The lowest BCUT2D eigenvalue weighted by molar-refractivity contribution is -0.275. The van der Waals surface area contributed by atoms with Crippen molar-refractivity contribution in [2.75, 3.05) is 7.11 Å². The molecule has 4 nitrogen and oxygen atoms in total. The van der Waals surface area contributed by atoms with Gasteiger partial charge in [0, 0.05) is 0 Å². The molecule has 0 bridgehead atoms. The van der Waals surface area contributed by atoms with Gasteiger partial charge in [-0.3, -0.25) is 0 Å². The highest BCUT2D eigenvalue weighted by Gasteiger charge is 2.32. The molecule has 88 valence electrons. The minimum atomic E-state index is -4.83. The van der Waals surface area contributed by atoms with Crippen LogP contribution in [0.2, 0.25) is 0 Å². The van der Waals surface area contributed by atoms with Crippen molar-refractivity contribution in [2.24, 2.45) is 0 Å². The summed E-state index contributed by atoms with van der Waals surface area (Å²) < 4.78 is 44.1. The van der Waals surface area contributed by atoms with Gasteiger partial charge < -0.3 is 19.5 Å². The molecule has 0 radical (unpaired) electrons. The molecule has 1 aromatic rings. The van der Waals surface area contributed by atoms with Crippen molar-refractivity contribution in [3.63, 3.8) is 0 Å². The van der Waals surface area contributed by atoms with Crippen LogP contribution in [0.25, 0.3) is 0 Å². The quantitative estimate of drug-likeness (QED) is 0.739. The zero-order valence-corrected chi connectivity index (χ0v) is 8.15. The lowest BCUT2D eigenvalue weighted by atomic mass is 9.80. The second-order valence-corrected chi connectivity index (χ2v) is 2.83. The van der Waals surface area contributed by atoms with Gasteiger partial charge in [0.2, 0.25) is 0 Å². The van der Waals surface area contributed by atoms with Crippen LogP contribution in [0, 0.1) is 0 Å². The van der Waals surface area contributed by atoms with E-state index in [1.165, 1.54) is 0 Å². The summed E-state index contributed by atoms with van der Waals surface area (Å²) in [4.78, 5) is 0. The van der Waals surface area contributed by atoms with E-state index in [0.717, 1.165) is 25.3 Å². The molecule has 0 aliphatic rings. The van der Waals surface area contributed by atoms with Crippen molar-refractivity contribution in [1.82, 2.24) is 0 Å². The van der Waals surface area contributed by atoms with E-state index in [1.54, 1.807) is 0 Å². The lowest BCUT2D eigenvalue weighted by Crippen LogP contribution is -2.30. The van der Waals surface area contributed by atoms with Crippen LogP contribution in [0.3, 0.4) is 0 Å². The molecule has 0 amide bonds. The molecule has 0 spiro atoms. The Morgan fingerprint density at radius 2 is 1.81 bits per heavy atom. The van der Waals surface area contributed by atoms with E-state index in [0.29, 0.717) is 0 Å². The summed E-state index contributed by atoms with van der Waals surface area (Å²) in [6, 6.07) is 3.08. The summed E-state index contributed by atoms with van der Waals surface area (Å²) in [5, 5.41) is 17.6. The molecule has 1 rings (SSSR count). The fourth-order valence-electron chi connectivity index (χ4n) is 1.05. The SMILES string of the molecule is COc1cc(B(O)O)ccc1OC(F)(F)F. The van der Waals surface area contributed by atoms with E-state index in [-0.39, 0.29) is 11.2 Å². The Kier molecular flexibility index (Phi) is 3.66. The van der Waals surface area contributed by atoms with Gasteiger partial charge in [-0.15, -0.1) is 13.2 Å². The van der Waals surface area contributed by atoms with Crippen LogP contribution in [0.15, 0.2) is 18.2 Å². The average Bonchev–Trinajstić information content (AvgIpc) is 2.15. The third kappa shape index (κ3) is 3.32. The summed E-state index contributed by atoms with van der Waals surface area (Å²) in [5.41, 5.74) is 0.00590. The molecule has 0 heterocycles. The van der Waals surface area contributed by atoms with E-state index in [2.05, 4.69) is 9.47 Å². The Morgan fingerprint density at radius 3 is 2.25 bits per heavy atom. The van der Waals surface area contributed by atoms with Crippen LogP contribution < -0.4 is 14.9 Å². The number of rotatable bonds is 3. The van der Waals surface area contributed by atoms with Crippen LogP contribution in [-0.4, -0.2) is 30.6 Å². The molecule has 8 heteroatoms. The predicted octanol–water partition coefficient (Wildman–Crippen LogP) is 0.274. The molecular weight excluding hydrogens is 228 g/mol. The van der Waals surface area contributed by atoms with Gasteiger partial charge in [-0.1, -0.05) is 6.07 Å². The van der Waals surface area contributed by atoms with Gasteiger partial charge in [0.05, 0.1) is 7.11 Å². The third-order valence-corrected chi connectivity index (χ3v) is 1.71. The van der Waals surface area contributed by atoms with Gasteiger partial charge in [0.15, 0.2) is 11.5 Å². The van der Waals surface area contributed by atoms with Crippen molar-refractivity contribution < 1.29 is 32.7 Å². The van der Waals surface area contributed by atoms with Crippen LogP contribution >= 0.6 is 0 Å². The monoisotopic (exact) mass is 236 g/mol. The van der Waals surface area contributed by atoms with Gasteiger partial charge in [-0.05, 0) is 17.6 Å². The number of benzene rings is 1. The number of ether oxygens (including phenoxy) is 2. The van der Waals surface area contributed by atoms with E-state index in [1.807, 2.05) is 0 Å². The molecule has 0 saturated heterocycles. The molecule has 1 aromatic carbocycles. The van der Waals surface area contributed by atoms with Gasteiger partial charge >= 0.3 is 13.5 Å². The third-order valence-electron chi connectivity index (χ3n) is 1.71. The molecule has 0 unspecified atom stereocenters. The number of hydrogen-bond donors (Lipinski definition) is 2. The molecule has 0 saturated carbocycles. The minimum Gasteiger partial charge on any atom is -0.493 e. The molecule has 0 aromatic heterocycles. The zero-order valence-electron chi connectivity index (χ0n) is 8.15. The number of halogens is 3. The van der Waals surface area contributed by atoms with Gasteiger partial charge in [0.1, 0.15) is 0 Å². The van der Waals surface area contributed by atoms with Gasteiger partial charge in [-0.2, -0.15) is 0 Å². The van der Waals surface area contributed by atoms with Gasteiger partial charge in [0.25, 0.3) is 0 Å². The highest BCUT2D eigenvalue weighted by Crippen LogP contribution is 2.30. The first-order chi connectivity index (χ1) is 7.33.